The van der Waals surface area contributed by atoms with Crippen LogP contribution in [0.2, 0.25) is 0 Å². The highest BCUT2D eigenvalue weighted by molar-refractivity contribution is 7.91. The molecule has 0 saturated heterocycles. The maximum atomic E-state index is 11.2. The first-order chi connectivity index (χ1) is 5.89. The molecule has 0 radical (unpaired) electrons. The minimum absolute atomic E-state index is 0.193. The van der Waals surface area contributed by atoms with Gasteiger partial charge in [0.05, 0.1) is 5.75 Å². The Kier molecular flexibility index (Phi) is 5.00. The Hall–Kier alpha value is -0.0200. The molecule has 1 atom stereocenters. The van der Waals surface area contributed by atoms with Gasteiger partial charge in [-0.25, -0.2) is 8.42 Å². The van der Waals surface area contributed by atoms with E-state index >= 15 is 0 Å². The zero-order valence-corrected chi connectivity index (χ0v) is 9.79. The van der Waals surface area contributed by atoms with Crippen molar-refractivity contribution in [3.63, 3.8) is 0 Å². The lowest BCUT2D eigenvalue weighted by atomic mass is 9.90. The Labute approximate surface area is 85.9 Å². The summed E-state index contributed by atoms with van der Waals surface area (Å²) >= 11 is 5.71. The number of halogens is 1. The van der Waals surface area contributed by atoms with Crippen molar-refractivity contribution >= 4 is 21.4 Å². The summed E-state index contributed by atoms with van der Waals surface area (Å²) in [5, 5.41) is 0. The summed E-state index contributed by atoms with van der Waals surface area (Å²) in [7, 11) is -2.88. The van der Waals surface area contributed by atoms with E-state index in [-0.39, 0.29) is 16.9 Å². The minimum atomic E-state index is -2.88. The molecule has 0 aliphatic heterocycles. The lowest BCUT2D eigenvalue weighted by Crippen LogP contribution is -2.21. The van der Waals surface area contributed by atoms with E-state index in [1.807, 2.05) is 6.92 Å². The van der Waals surface area contributed by atoms with Crippen molar-refractivity contribution in [3.8, 4) is 0 Å². The zero-order valence-electron chi connectivity index (χ0n) is 8.22. The van der Waals surface area contributed by atoms with Crippen LogP contribution >= 0.6 is 11.6 Å². The Morgan fingerprint density at radius 3 is 2.38 bits per heavy atom. The third kappa shape index (κ3) is 4.67. The molecule has 0 spiro atoms. The largest absolute Gasteiger partial charge is 0.229 e. The van der Waals surface area contributed by atoms with Gasteiger partial charge in [-0.3, -0.25) is 0 Å². The smallest absolute Gasteiger partial charge is 0.150 e. The first-order valence-electron chi connectivity index (χ1n) is 4.29. The molecule has 2 nitrogen and oxygen atoms in total. The second kappa shape index (κ2) is 5.01. The second-order valence-electron chi connectivity index (χ2n) is 3.48. The number of hydrogen-bond acceptors (Lipinski definition) is 2. The fraction of sp³-hybridized carbons (Fsp3) is 0.778. The highest BCUT2D eigenvalue weighted by Gasteiger charge is 2.21. The quantitative estimate of drug-likeness (QED) is 0.512. The first-order valence-corrected chi connectivity index (χ1v) is 6.64. The van der Waals surface area contributed by atoms with Gasteiger partial charge in [-0.1, -0.05) is 19.9 Å². The highest BCUT2D eigenvalue weighted by atomic mass is 35.5. The first kappa shape index (κ1) is 13.0. The van der Waals surface area contributed by atoms with E-state index in [4.69, 9.17) is 11.6 Å². The zero-order chi connectivity index (χ0) is 10.5. The molecule has 0 saturated carbocycles. The topological polar surface area (TPSA) is 34.1 Å². The van der Waals surface area contributed by atoms with Crippen LogP contribution in [0, 0.1) is 5.41 Å². The molecule has 0 aliphatic rings. The van der Waals surface area contributed by atoms with Crippen LogP contribution in [0.3, 0.4) is 0 Å². The molecule has 0 heterocycles. The molecule has 1 unspecified atom stereocenters. The van der Waals surface area contributed by atoms with Crippen LogP contribution in [0.1, 0.15) is 20.3 Å². The van der Waals surface area contributed by atoms with Crippen LogP contribution in [0.4, 0.5) is 0 Å². The molecule has 0 amide bonds. The Morgan fingerprint density at radius 1 is 1.54 bits per heavy atom. The van der Waals surface area contributed by atoms with Crippen molar-refractivity contribution in [2.24, 2.45) is 5.41 Å². The number of allylic oxidation sites excluding steroid dienone is 1. The molecule has 78 valence electrons. The van der Waals surface area contributed by atoms with Crippen molar-refractivity contribution in [2.45, 2.75) is 20.3 Å². The minimum Gasteiger partial charge on any atom is -0.229 e. The molecule has 0 rings (SSSR count). The summed E-state index contributed by atoms with van der Waals surface area (Å²) in [6.07, 6.45) is 2.28. The molecule has 0 aromatic rings. The lowest BCUT2D eigenvalue weighted by Gasteiger charge is -2.21. The summed E-state index contributed by atoms with van der Waals surface area (Å²) in [5.74, 6) is 0.803. The Bertz CT molecular complexity index is 259. The van der Waals surface area contributed by atoms with Crippen molar-refractivity contribution in [1.29, 1.82) is 0 Å². The van der Waals surface area contributed by atoms with Crippen LogP contribution in [-0.2, 0) is 9.84 Å². The van der Waals surface area contributed by atoms with Gasteiger partial charge in [0.15, 0.2) is 0 Å². The van der Waals surface area contributed by atoms with Crippen LogP contribution in [-0.4, -0.2) is 25.8 Å². The summed E-state index contributed by atoms with van der Waals surface area (Å²) < 4.78 is 22.4. The van der Waals surface area contributed by atoms with Crippen LogP contribution < -0.4 is 0 Å². The predicted octanol–water partition coefficient (Wildman–Crippen LogP) is 2.24. The van der Waals surface area contributed by atoms with Crippen LogP contribution in [0.25, 0.3) is 0 Å². The maximum absolute atomic E-state index is 11.2. The van der Waals surface area contributed by atoms with Crippen molar-refractivity contribution in [3.05, 3.63) is 12.7 Å². The Balaban J connectivity index is 4.23. The summed E-state index contributed by atoms with van der Waals surface area (Å²) in [5.41, 5.74) is -0.260. The molecule has 0 aliphatic carbocycles. The van der Waals surface area contributed by atoms with E-state index in [1.165, 1.54) is 0 Å². The molecule has 13 heavy (non-hydrogen) atoms. The molecule has 4 heteroatoms. The van der Waals surface area contributed by atoms with E-state index in [0.717, 1.165) is 0 Å². The van der Waals surface area contributed by atoms with Gasteiger partial charge >= 0.3 is 0 Å². The predicted molar refractivity (Wildman–Crippen MR) is 58.0 cm³/mol. The van der Waals surface area contributed by atoms with E-state index < -0.39 is 9.84 Å². The van der Waals surface area contributed by atoms with Crippen LogP contribution in [0.15, 0.2) is 12.7 Å². The lowest BCUT2D eigenvalue weighted by molar-refractivity contribution is 0.467. The average molecular weight is 225 g/mol. The fourth-order valence-electron chi connectivity index (χ4n) is 0.756. The van der Waals surface area contributed by atoms with Gasteiger partial charge in [0, 0.05) is 11.6 Å². The standard InChI is InChI=1S/C9H17ClO2S/c1-4-9(3,8-10)6-7-13(11,12)5-2/h4H,1,5-8H2,2-3H3. The highest BCUT2D eigenvalue weighted by Crippen LogP contribution is 2.24. The molecular formula is C9H17ClO2S. The van der Waals surface area contributed by atoms with Gasteiger partial charge in [-0.2, -0.15) is 0 Å². The van der Waals surface area contributed by atoms with E-state index in [1.54, 1.807) is 13.0 Å². The third-order valence-corrected chi connectivity index (χ3v) is 4.54. The van der Waals surface area contributed by atoms with Gasteiger partial charge in [0.1, 0.15) is 9.84 Å². The molecule has 0 bridgehead atoms. The van der Waals surface area contributed by atoms with Gasteiger partial charge in [0.2, 0.25) is 0 Å². The van der Waals surface area contributed by atoms with Crippen LogP contribution in [0.5, 0.6) is 0 Å². The van der Waals surface area contributed by atoms with Gasteiger partial charge in [0.25, 0.3) is 0 Å². The fourth-order valence-corrected chi connectivity index (χ4v) is 2.07. The summed E-state index contributed by atoms with van der Waals surface area (Å²) in [4.78, 5) is 0. The maximum Gasteiger partial charge on any atom is 0.150 e. The Morgan fingerprint density at radius 2 is 2.08 bits per heavy atom. The summed E-state index contributed by atoms with van der Waals surface area (Å²) in [6.45, 7) is 7.22. The average Bonchev–Trinajstić information content (AvgIpc) is 2.14. The normalized spacial score (nSPS) is 16.5. The van der Waals surface area contributed by atoms with Crippen molar-refractivity contribution in [2.75, 3.05) is 17.4 Å². The molecule has 0 aromatic heterocycles. The molecular weight excluding hydrogens is 208 g/mol. The molecule has 0 N–H and O–H groups in total. The number of rotatable bonds is 6. The number of alkyl halides is 1. The number of hydrogen-bond donors (Lipinski definition) is 0. The monoisotopic (exact) mass is 224 g/mol. The van der Waals surface area contributed by atoms with Crippen molar-refractivity contribution in [1.82, 2.24) is 0 Å². The van der Waals surface area contributed by atoms with Gasteiger partial charge < -0.3 is 0 Å². The van der Waals surface area contributed by atoms with E-state index in [0.29, 0.717) is 12.3 Å². The van der Waals surface area contributed by atoms with E-state index in [9.17, 15) is 8.42 Å². The molecule has 0 aromatic carbocycles. The molecule has 0 fully saturated rings. The number of sulfone groups is 1. The second-order valence-corrected chi connectivity index (χ2v) is 6.22. The third-order valence-electron chi connectivity index (χ3n) is 2.22. The van der Waals surface area contributed by atoms with Gasteiger partial charge in [-0.15, -0.1) is 18.2 Å². The van der Waals surface area contributed by atoms with Gasteiger partial charge in [-0.05, 0) is 11.8 Å². The van der Waals surface area contributed by atoms with E-state index in [2.05, 4.69) is 6.58 Å². The summed E-state index contributed by atoms with van der Waals surface area (Å²) in [6, 6.07) is 0. The van der Waals surface area contributed by atoms with Crippen molar-refractivity contribution < 1.29 is 8.42 Å². The SMILES string of the molecule is C=CC(C)(CCl)CCS(=O)(=O)CC.